The molecule has 0 aromatic carbocycles. The van der Waals surface area contributed by atoms with Crippen molar-refractivity contribution in [3.05, 3.63) is 11.9 Å². The first-order chi connectivity index (χ1) is 5.88. The average molecular weight is 206 g/mol. The third kappa shape index (κ3) is 3.61. The lowest BCUT2D eigenvalue weighted by atomic mass is 9.86. The van der Waals surface area contributed by atoms with Gasteiger partial charge in [-0.1, -0.05) is 0 Å². The Balaban J connectivity index is 2.38. The van der Waals surface area contributed by atoms with Gasteiger partial charge < -0.3 is 14.5 Å². The summed E-state index contributed by atoms with van der Waals surface area (Å²) in [6.45, 7) is 0. The van der Waals surface area contributed by atoms with Gasteiger partial charge in [-0.15, -0.1) is 0 Å². The molecule has 0 aromatic heterocycles. The monoisotopic (exact) mass is 206 g/mol. The van der Waals surface area contributed by atoms with Crippen molar-refractivity contribution in [2.75, 3.05) is 6.35 Å². The molecule has 4 nitrogen and oxygen atoms in total. The quantitative estimate of drug-likeness (QED) is 0.527. The zero-order chi connectivity index (χ0) is 10.1. The van der Waals surface area contributed by atoms with Crippen LogP contribution in [0.5, 0.6) is 0 Å². The van der Waals surface area contributed by atoms with Gasteiger partial charge in [0.2, 0.25) is 0 Å². The molecule has 72 valence electrons. The van der Waals surface area contributed by atoms with Crippen molar-refractivity contribution < 1.29 is 23.5 Å². The van der Waals surface area contributed by atoms with Crippen LogP contribution in [0.4, 0.5) is 4.39 Å². The van der Waals surface area contributed by atoms with Crippen LogP contribution >= 0.6 is 7.60 Å². The van der Waals surface area contributed by atoms with Crippen molar-refractivity contribution >= 4 is 15.4 Å². The lowest BCUT2D eigenvalue weighted by Crippen LogP contribution is -2.08. The highest BCUT2D eigenvalue weighted by atomic mass is 31.2. The maximum absolute atomic E-state index is 12.6. The van der Waals surface area contributed by atoms with E-state index in [0.29, 0.717) is 0 Å². The molecule has 2 N–H and O–H groups in total. The maximum Gasteiger partial charge on any atom is 0.351 e. The van der Waals surface area contributed by atoms with E-state index in [1.807, 2.05) is 0 Å². The lowest BCUT2D eigenvalue weighted by Gasteiger charge is -2.11. The summed E-state index contributed by atoms with van der Waals surface area (Å²) in [6.07, 6.45) is 0.0444. The van der Waals surface area contributed by atoms with Gasteiger partial charge in [0, 0.05) is 0 Å². The Morgan fingerprint density at radius 2 is 2.38 bits per heavy atom. The van der Waals surface area contributed by atoms with E-state index in [1.165, 1.54) is 0 Å². The minimum absolute atomic E-state index is 0.228. The Morgan fingerprint density at radius 3 is 2.77 bits per heavy atom. The minimum atomic E-state index is -4.17. The largest absolute Gasteiger partial charge is 0.361 e. The Kier molecular flexibility index (Phi) is 3.30. The van der Waals surface area contributed by atoms with E-state index < -0.39 is 31.7 Å². The first-order valence-electron chi connectivity index (χ1n) is 3.67. The fourth-order valence-corrected chi connectivity index (χ4v) is 1.43. The van der Waals surface area contributed by atoms with Crippen LogP contribution in [-0.4, -0.2) is 30.1 Å². The highest BCUT2D eigenvalue weighted by Gasteiger charge is 2.25. The number of hydrogen-bond acceptors (Lipinski definition) is 2. The molecular formula is C6H9BFO4P. The molecule has 2 radical (unpaired) electrons. The fraction of sp³-hybridized carbons (Fsp3) is 0.667. The summed E-state index contributed by atoms with van der Waals surface area (Å²) in [5.41, 5.74) is 0. The molecule has 2 unspecified atom stereocenters. The van der Waals surface area contributed by atoms with Crippen molar-refractivity contribution in [2.45, 2.75) is 18.3 Å². The van der Waals surface area contributed by atoms with Crippen LogP contribution in [0, 0.1) is 0 Å². The summed E-state index contributed by atoms with van der Waals surface area (Å²) in [5, 5.41) is 0. The highest BCUT2D eigenvalue weighted by Crippen LogP contribution is 2.37. The van der Waals surface area contributed by atoms with E-state index in [-0.39, 0.29) is 6.42 Å². The second-order valence-electron chi connectivity index (χ2n) is 2.89. The molecular weight excluding hydrogens is 197 g/mol. The third-order valence-corrected chi connectivity index (χ3v) is 2.13. The molecule has 1 aliphatic rings. The first-order valence-corrected chi connectivity index (χ1v) is 5.47. The average Bonchev–Trinajstić information content (AvgIpc) is 2.27. The highest BCUT2D eigenvalue weighted by molar-refractivity contribution is 7.51. The summed E-state index contributed by atoms with van der Waals surface area (Å²) in [4.78, 5) is 16.9. The fourth-order valence-electron chi connectivity index (χ4n) is 1.04. The van der Waals surface area contributed by atoms with Gasteiger partial charge in [-0.25, -0.2) is 4.39 Å². The number of rotatable bonds is 3. The molecule has 7 heteroatoms. The molecule has 0 spiro atoms. The van der Waals surface area contributed by atoms with Crippen LogP contribution in [0.25, 0.3) is 0 Å². The molecule has 0 saturated carbocycles. The van der Waals surface area contributed by atoms with E-state index in [0.717, 1.165) is 6.08 Å². The van der Waals surface area contributed by atoms with E-state index in [9.17, 15) is 8.96 Å². The van der Waals surface area contributed by atoms with Crippen molar-refractivity contribution in [1.29, 1.82) is 0 Å². The summed E-state index contributed by atoms with van der Waals surface area (Å²) >= 11 is 0. The predicted molar refractivity (Wildman–Crippen MR) is 45.1 cm³/mol. The summed E-state index contributed by atoms with van der Waals surface area (Å²) in [7, 11) is 1.12. The van der Waals surface area contributed by atoms with Crippen LogP contribution in [0.1, 0.15) is 6.42 Å². The molecule has 0 fully saturated rings. The van der Waals surface area contributed by atoms with Crippen molar-refractivity contribution in [2.24, 2.45) is 0 Å². The van der Waals surface area contributed by atoms with Gasteiger partial charge in [-0.3, -0.25) is 4.57 Å². The van der Waals surface area contributed by atoms with Crippen molar-refractivity contribution in [3.8, 4) is 0 Å². The van der Waals surface area contributed by atoms with Crippen LogP contribution in [0.3, 0.4) is 0 Å². The molecule has 13 heavy (non-hydrogen) atoms. The van der Waals surface area contributed by atoms with Gasteiger partial charge in [0.15, 0.2) is 0 Å². The van der Waals surface area contributed by atoms with Gasteiger partial charge in [0.1, 0.15) is 6.35 Å². The normalized spacial score (nSPS) is 29.0. The van der Waals surface area contributed by atoms with Crippen LogP contribution in [-0.2, 0) is 9.30 Å². The van der Waals surface area contributed by atoms with Crippen LogP contribution in [0.2, 0.25) is 5.82 Å². The van der Waals surface area contributed by atoms with Crippen LogP contribution in [0.15, 0.2) is 11.9 Å². The molecule has 1 rings (SSSR count). The SMILES string of the molecule is [B]C1CC(OCP(=O)(O)O)C=C1F. The molecule has 0 heterocycles. The number of halogens is 1. The minimum Gasteiger partial charge on any atom is -0.361 e. The number of allylic oxidation sites excluding steroid dienone is 1. The van der Waals surface area contributed by atoms with Gasteiger partial charge in [0.25, 0.3) is 0 Å². The standard InChI is InChI=1S/C6H9BFO4P/c7-5-1-4(2-6(5)8)12-3-13(9,10)11/h2,4-5H,1,3H2,(H2,9,10,11). The van der Waals surface area contributed by atoms with E-state index in [4.69, 9.17) is 22.4 Å². The van der Waals surface area contributed by atoms with Crippen molar-refractivity contribution in [1.82, 2.24) is 0 Å². The van der Waals surface area contributed by atoms with E-state index in [1.54, 1.807) is 0 Å². The summed E-state index contributed by atoms with van der Waals surface area (Å²) in [5.74, 6) is -1.20. The van der Waals surface area contributed by atoms with E-state index in [2.05, 4.69) is 0 Å². The molecule has 0 bridgehead atoms. The predicted octanol–water partition coefficient (Wildman–Crippen LogP) is 0.721. The third-order valence-electron chi connectivity index (χ3n) is 1.64. The zero-order valence-corrected chi connectivity index (χ0v) is 7.65. The van der Waals surface area contributed by atoms with E-state index >= 15 is 0 Å². The molecule has 0 aromatic rings. The Bertz CT molecular complexity index is 263. The van der Waals surface area contributed by atoms with Gasteiger partial charge in [0.05, 0.1) is 19.8 Å². The van der Waals surface area contributed by atoms with Gasteiger partial charge in [-0.2, -0.15) is 0 Å². The van der Waals surface area contributed by atoms with Crippen molar-refractivity contribution in [3.63, 3.8) is 0 Å². The molecule has 2 atom stereocenters. The Labute approximate surface area is 76.4 Å². The lowest BCUT2D eigenvalue weighted by molar-refractivity contribution is 0.108. The Hall–Kier alpha value is -0.155. The van der Waals surface area contributed by atoms with Gasteiger partial charge >= 0.3 is 7.60 Å². The molecule has 0 saturated heterocycles. The number of hydrogen-bond donors (Lipinski definition) is 2. The molecule has 0 amide bonds. The van der Waals surface area contributed by atoms with Crippen LogP contribution < -0.4 is 0 Å². The molecule has 1 aliphatic carbocycles. The van der Waals surface area contributed by atoms with Gasteiger partial charge in [-0.05, 0) is 18.3 Å². The smallest absolute Gasteiger partial charge is 0.351 e. The Morgan fingerprint density at radius 1 is 1.77 bits per heavy atom. The number of ether oxygens (including phenoxy) is 1. The zero-order valence-electron chi connectivity index (χ0n) is 6.76. The second-order valence-corrected chi connectivity index (χ2v) is 4.48. The summed E-state index contributed by atoms with van der Waals surface area (Å²) < 4.78 is 27.8. The topological polar surface area (TPSA) is 66.8 Å². The second kappa shape index (κ2) is 3.92. The summed E-state index contributed by atoms with van der Waals surface area (Å²) in [6, 6.07) is 0. The maximum atomic E-state index is 12.6. The molecule has 0 aliphatic heterocycles. The first kappa shape index (κ1) is 10.9.